The van der Waals surface area contributed by atoms with Crippen molar-refractivity contribution in [3.05, 3.63) is 70.3 Å². The molecule has 0 saturated carbocycles. The molecule has 5 N–H and O–H groups in total. The third kappa shape index (κ3) is 4.12. The Kier molecular flexibility index (Phi) is 6.58. The highest BCUT2D eigenvalue weighted by molar-refractivity contribution is 5.44. The molecule has 5 atom stereocenters. The van der Waals surface area contributed by atoms with Crippen molar-refractivity contribution >= 4 is 0 Å². The third-order valence-corrected chi connectivity index (χ3v) is 5.65. The molecule has 0 aromatic heterocycles. The van der Waals surface area contributed by atoms with Crippen LogP contribution in [-0.4, -0.2) is 56.6 Å². The highest BCUT2D eigenvalue weighted by Crippen LogP contribution is 2.37. The number of hydrogen-bond donors (Lipinski definition) is 5. The standard InChI is InChI=1S/C23H27NO6/c1-13(2)15-5-3-14(4-6-15)9-17-10-18(8-7-16(17)11-24)23(29)22(28)21(27)20(26)19(12-25)30-23/h3-8,10,13,19-22,25-29H,9,12H2,1-2H3/t19-,20-,21+,22-,23?/m1/s1. The normalized spacial score (nSPS) is 29.0. The summed E-state index contributed by atoms with van der Waals surface area (Å²) in [4.78, 5) is 0. The fraction of sp³-hybridized carbons (Fsp3) is 0.435. The zero-order valence-electron chi connectivity index (χ0n) is 16.9. The van der Waals surface area contributed by atoms with Gasteiger partial charge in [-0.25, -0.2) is 0 Å². The van der Waals surface area contributed by atoms with Gasteiger partial charge in [0, 0.05) is 5.56 Å². The number of nitriles is 1. The van der Waals surface area contributed by atoms with Crippen LogP contribution in [0.1, 0.15) is 47.6 Å². The zero-order valence-corrected chi connectivity index (χ0v) is 16.9. The Bertz CT molecular complexity index is 920. The maximum atomic E-state index is 11.0. The van der Waals surface area contributed by atoms with Gasteiger partial charge in [0.2, 0.25) is 5.79 Å². The molecule has 1 saturated heterocycles. The van der Waals surface area contributed by atoms with Gasteiger partial charge >= 0.3 is 0 Å². The van der Waals surface area contributed by atoms with Gasteiger partial charge in [0.25, 0.3) is 0 Å². The molecule has 0 amide bonds. The average molecular weight is 413 g/mol. The lowest BCUT2D eigenvalue weighted by atomic mass is 9.86. The second-order valence-corrected chi connectivity index (χ2v) is 8.02. The van der Waals surface area contributed by atoms with Gasteiger partial charge in [0.1, 0.15) is 24.4 Å². The molecular formula is C23H27NO6. The molecule has 0 aliphatic carbocycles. The Morgan fingerprint density at radius 3 is 2.30 bits per heavy atom. The first-order valence-electron chi connectivity index (χ1n) is 9.88. The van der Waals surface area contributed by atoms with Crippen molar-refractivity contribution in [1.82, 2.24) is 0 Å². The van der Waals surface area contributed by atoms with Gasteiger partial charge in [-0.15, -0.1) is 0 Å². The van der Waals surface area contributed by atoms with Crippen LogP contribution in [0.5, 0.6) is 0 Å². The van der Waals surface area contributed by atoms with Crippen LogP contribution in [-0.2, 0) is 16.9 Å². The molecule has 160 valence electrons. The van der Waals surface area contributed by atoms with Gasteiger partial charge in [-0.2, -0.15) is 5.26 Å². The van der Waals surface area contributed by atoms with Crippen LogP contribution in [0.15, 0.2) is 42.5 Å². The first kappa shape index (κ1) is 22.4. The topological polar surface area (TPSA) is 134 Å². The molecule has 1 unspecified atom stereocenters. The maximum Gasteiger partial charge on any atom is 0.222 e. The number of hydrogen-bond acceptors (Lipinski definition) is 7. The van der Waals surface area contributed by atoms with Crippen LogP contribution < -0.4 is 0 Å². The molecule has 1 aliphatic rings. The fourth-order valence-corrected chi connectivity index (χ4v) is 3.70. The van der Waals surface area contributed by atoms with E-state index in [9.17, 15) is 30.8 Å². The van der Waals surface area contributed by atoms with Gasteiger partial charge in [-0.05, 0) is 41.2 Å². The number of benzene rings is 2. The van der Waals surface area contributed by atoms with Gasteiger partial charge < -0.3 is 30.3 Å². The van der Waals surface area contributed by atoms with Crippen LogP contribution in [0.3, 0.4) is 0 Å². The summed E-state index contributed by atoms with van der Waals surface area (Å²) in [6, 6.07) is 14.6. The Morgan fingerprint density at radius 2 is 1.73 bits per heavy atom. The van der Waals surface area contributed by atoms with Crippen molar-refractivity contribution in [2.75, 3.05) is 6.61 Å². The van der Waals surface area contributed by atoms with Gasteiger partial charge in [-0.1, -0.05) is 44.2 Å². The molecule has 2 aromatic carbocycles. The minimum Gasteiger partial charge on any atom is -0.394 e. The predicted molar refractivity (Wildman–Crippen MR) is 108 cm³/mol. The fourth-order valence-electron chi connectivity index (χ4n) is 3.70. The molecular weight excluding hydrogens is 386 g/mol. The van der Waals surface area contributed by atoms with Crippen LogP contribution in [0.25, 0.3) is 0 Å². The Labute approximate surface area is 175 Å². The van der Waals surface area contributed by atoms with Crippen molar-refractivity contribution in [3.8, 4) is 6.07 Å². The van der Waals surface area contributed by atoms with E-state index in [1.54, 1.807) is 0 Å². The van der Waals surface area contributed by atoms with Gasteiger partial charge in [0.05, 0.1) is 18.2 Å². The Morgan fingerprint density at radius 1 is 1.07 bits per heavy atom. The van der Waals surface area contributed by atoms with Crippen LogP contribution >= 0.6 is 0 Å². The lowest BCUT2D eigenvalue weighted by molar-refractivity contribution is -0.357. The maximum absolute atomic E-state index is 11.0. The lowest BCUT2D eigenvalue weighted by Gasteiger charge is -2.45. The summed E-state index contributed by atoms with van der Waals surface area (Å²) in [6.07, 6.45) is -5.99. The first-order valence-corrected chi connectivity index (χ1v) is 9.88. The largest absolute Gasteiger partial charge is 0.394 e. The lowest BCUT2D eigenvalue weighted by Crippen LogP contribution is -2.63. The van der Waals surface area contributed by atoms with E-state index >= 15 is 0 Å². The monoisotopic (exact) mass is 413 g/mol. The van der Waals surface area contributed by atoms with E-state index in [0.717, 1.165) is 5.56 Å². The summed E-state index contributed by atoms with van der Waals surface area (Å²) in [6.45, 7) is 3.56. The molecule has 1 aliphatic heterocycles. The highest BCUT2D eigenvalue weighted by atomic mass is 16.7. The summed E-state index contributed by atoms with van der Waals surface area (Å²) >= 11 is 0. The van der Waals surface area contributed by atoms with E-state index in [1.165, 1.54) is 23.8 Å². The Balaban J connectivity index is 1.96. The van der Waals surface area contributed by atoms with Crippen molar-refractivity contribution in [1.29, 1.82) is 5.26 Å². The number of aliphatic hydroxyl groups is 5. The van der Waals surface area contributed by atoms with Crippen LogP contribution in [0.4, 0.5) is 0 Å². The van der Waals surface area contributed by atoms with Crippen LogP contribution in [0, 0.1) is 11.3 Å². The molecule has 2 aromatic rings. The number of rotatable bonds is 5. The van der Waals surface area contributed by atoms with E-state index in [2.05, 4.69) is 19.9 Å². The second kappa shape index (κ2) is 8.82. The minimum atomic E-state index is -2.35. The molecule has 3 rings (SSSR count). The number of aliphatic hydroxyl groups excluding tert-OH is 4. The SMILES string of the molecule is CC(C)c1ccc(Cc2cc(C3(O)O[C@H](CO)[C@@H](O)[C@H](O)[C@H]3O)ccc2C#N)cc1. The molecule has 0 spiro atoms. The molecule has 7 heteroatoms. The quantitative estimate of drug-likeness (QED) is 0.491. The van der Waals surface area contributed by atoms with Crippen LogP contribution in [0.2, 0.25) is 0 Å². The third-order valence-electron chi connectivity index (χ3n) is 5.65. The van der Waals surface area contributed by atoms with Crippen molar-refractivity contribution in [2.24, 2.45) is 0 Å². The number of ether oxygens (including phenoxy) is 1. The smallest absolute Gasteiger partial charge is 0.222 e. The summed E-state index contributed by atoms with van der Waals surface area (Å²) in [5, 5.41) is 60.3. The first-order chi connectivity index (χ1) is 14.2. The van der Waals surface area contributed by atoms with Gasteiger partial charge in [-0.3, -0.25) is 0 Å². The van der Waals surface area contributed by atoms with E-state index < -0.39 is 36.8 Å². The molecule has 0 radical (unpaired) electrons. The molecule has 30 heavy (non-hydrogen) atoms. The summed E-state index contributed by atoms with van der Waals surface area (Å²) in [5.41, 5.74) is 3.29. The van der Waals surface area contributed by atoms with E-state index in [-0.39, 0.29) is 5.56 Å². The van der Waals surface area contributed by atoms with Crippen molar-refractivity contribution in [3.63, 3.8) is 0 Å². The predicted octanol–water partition coefficient (Wildman–Crippen LogP) is 0.891. The van der Waals surface area contributed by atoms with Crippen molar-refractivity contribution < 1.29 is 30.3 Å². The van der Waals surface area contributed by atoms with E-state index in [0.29, 0.717) is 23.5 Å². The van der Waals surface area contributed by atoms with Gasteiger partial charge in [0.15, 0.2) is 0 Å². The molecule has 1 heterocycles. The second-order valence-electron chi connectivity index (χ2n) is 8.02. The average Bonchev–Trinajstić information content (AvgIpc) is 2.75. The summed E-state index contributed by atoms with van der Waals surface area (Å²) < 4.78 is 5.39. The zero-order chi connectivity index (χ0) is 22.1. The Hall–Kier alpha value is -2.31. The molecule has 1 fully saturated rings. The molecule has 7 nitrogen and oxygen atoms in total. The minimum absolute atomic E-state index is 0.118. The van der Waals surface area contributed by atoms with E-state index in [4.69, 9.17) is 4.74 Å². The summed E-state index contributed by atoms with van der Waals surface area (Å²) in [5.74, 6) is -1.95. The molecule has 0 bridgehead atoms. The number of nitrogens with zero attached hydrogens (tertiary/aromatic N) is 1. The van der Waals surface area contributed by atoms with E-state index in [1.807, 2.05) is 24.3 Å². The highest BCUT2D eigenvalue weighted by Gasteiger charge is 2.53. The van der Waals surface area contributed by atoms with Crippen molar-refractivity contribution in [2.45, 2.75) is 56.4 Å². The summed E-state index contributed by atoms with van der Waals surface area (Å²) in [7, 11) is 0.